The molecular weight excluding hydrogens is 707 g/mol. The van der Waals surface area contributed by atoms with Crippen molar-refractivity contribution < 1.29 is 19.7 Å². The summed E-state index contributed by atoms with van der Waals surface area (Å²) in [6.07, 6.45) is 10.0. The molecule has 3 aromatic heterocycles. The first kappa shape index (κ1) is 38.3. The normalized spacial score (nSPS) is 11.8. The van der Waals surface area contributed by atoms with Gasteiger partial charge < -0.3 is 36.1 Å². The Labute approximate surface area is 311 Å². The van der Waals surface area contributed by atoms with Crippen LogP contribution in [0.25, 0.3) is 33.6 Å². The lowest BCUT2D eigenvalue weighted by Gasteiger charge is -2.15. The van der Waals surface area contributed by atoms with Crippen LogP contribution in [0, 0.1) is 0 Å². The van der Waals surface area contributed by atoms with Crippen LogP contribution in [0.2, 0.25) is 10.0 Å². The Balaban J connectivity index is 1.33. The molecule has 52 heavy (non-hydrogen) atoms. The standard InChI is InChI=1S/C36H40Cl2N10O4/c1-51-35-31(18-41-15-23(13-39)14-40-9-11-49)43-20-29(46-35)27-7-3-5-25(33(27)37)26-6-4-8-28(34(26)38)30-21-44-32(36(47-30)52-2)19-42-16-24-17-45-48(22-24)10-12-50/h3-8,13-14,17,20-22,41-42,49-50H,9-12,15-16,18-19,39H2,1-2H3. The molecule has 5 rings (SSSR count). The van der Waals surface area contributed by atoms with Crippen molar-refractivity contribution in [3.05, 3.63) is 100.0 Å². The fourth-order valence-electron chi connectivity index (χ4n) is 5.26. The molecule has 14 nitrogen and oxygen atoms in total. The van der Waals surface area contributed by atoms with Gasteiger partial charge in [-0.05, 0) is 11.8 Å². The van der Waals surface area contributed by atoms with Crippen LogP contribution in [-0.2, 0) is 26.2 Å². The van der Waals surface area contributed by atoms with E-state index in [1.807, 2.05) is 42.6 Å². The summed E-state index contributed by atoms with van der Waals surface area (Å²) in [4.78, 5) is 22.8. The summed E-state index contributed by atoms with van der Waals surface area (Å²) in [6.45, 7) is 2.52. The topological polar surface area (TPSA) is 191 Å². The van der Waals surface area contributed by atoms with Crippen molar-refractivity contribution in [2.75, 3.05) is 40.5 Å². The highest BCUT2D eigenvalue weighted by atomic mass is 35.5. The lowest BCUT2D eigenvalue weighted by Crippen LogP contribution is -2.19. The van der Waals surface area contributed by atoms with Crippen LogP contribution in [0.5, 0.6) is 11.8 Å². The third-order valence-corrected chi connectivity index (χ3v) is 8.62. The largest absolute Gasteiger partial charge is 0.480 e. The van der Waals surface area contributed by atoms with Gasteiger partial charge in [0.15, 0.2) is 0 Å². The van der Waals surface area contributed by atoms with Crippen molar-refractivity contribution in [1.29, 1.82) is 0 Å². The first-order valence-electron chi connectivity index (χ1n) is 16.3. The molecule has 16 heteroatoms. The Morgan fingerprint density at radius 3 is 1.94 bits per heavy atom. The molecular formula is C36H40Cl2N10O4. The molecule has 0 aliphatic rings. The second kappa shape index (κ2) is 19.0. The molecule has 3 heterocycles. The van der Waals surface area contributed by atoms with E-state index in [0.29, 0.717) is 106 Å². The summed E-state index contributed by atoms with van der Waals surface area (Å²) in [7, 11) is 3.08. The second-order valence-electron chi connectivity index (χ2n) is 11.3. The van der Waals surface area contributed by atoms with Gasteiger partial charge in [-0.1, -0.05) is 59.6 Å². The summed E-state index contributed by atoms with van der Waals surface area (Å²) in [5.74, 6) is 0.718. The molecule has 0 aliphatic carbocycles. The number of hydrogen-bond donors (Lipinski definition) is 5. The SMILES string of the molecule is COc1nc(-c2cccc(-c3cccc(-c4cnc(CNCc5cnn(CCO)c5)c(OC)n4)c3Cl)c2Cl)cnc1CNCC(C=NCCO)=CN. The first-order valence-corrected chi connectivity index (χ1v) is 17.1. The van der Waals surface area contributed by atoms with Gasteiger partial charge in [0.2, 0.25) is 11.8 Å². The maximum Gasteiger partial charge on any atom is 0.237 e. The Bertz CT molecular complexity index is 2020. The van der Waals surface area contributed by atoms with E-state index in [1.165, 1.54) is 13.3 Å². The number of halogens is 2. The number of aliphatic imine (C=N–C) groups is 1. The Morgan fingerprint density at radius 1 is 0.827 bits per heavy atom. The van der Waals surface area contributed by atoms with Gasteiger partial charge in [0.05, 0.1) is 80.5 Å². The number of aliphatic hydroxyl groups is 2. The lowest BCUT2D eigenvalue weighted by atomic mass is 9.98. The molecule has 0 spiro atoms. The molecule has 272 valence electrons. The average Bonchev–Trinajstić information content (AvgIpc) is 3.62. The zero-order chi connectivity index (χ0) is 36.9. The van der Waals surface area contributed by atoms with E-state index in [-0.39, 0.29) is 13.2 Å². The van der Waals surface area contributed by atoms with Crippen LogP contribution in [0.1, 0.15) is 17.0 Å². The van der Waals surface area contributed by atoms with Gasteiger partial charge in [-0.2, -0.15) is 5.10 Å². The van der Waals surface area contributed by atoms with Gasteiger partial charge in [-0.25, -0.2) is 9.97 Å². The molecule has 0 fully saturated rings. The molecule has 0 bridgehead atoms. The maximum absolute atomic E-state index is 9.11. The number of nitrogens with one attached hydrogen (secondary N) is 2. The second-order valence-corrected chi connectivity index (χ2v) is 12.1. The van der Waals surface area contributed by atoms with Crippen LogP contribution in [0.4, 0.5) is 0 Å². The van der Waals surface area contributed by atoms with E-state index in [2.05, 4.69) is 30.7 Å². The summed E-state index contributed by atoms with van der Waals surface area (Å²) in [6, 6.07) is 11.3. The molecule has 0 saturated carbocycles. The molecule has 0 aliphatic heterocycles. The zero-order valence-electron chi connectivity index (χ0n) is 28.8. The third-order valence-electron chi connectivity index (χ3n) is 7.81. The molecule has 0 atom stereocenters. The number of hydrogen-bond acceptors (Lipinski definition) is 13. The molecule has 6 N–H and O–H groups in total. The quantitative estimate of drug-likeness (QED) is 0.0810. The number of nitrogens with zero attached hydrogens (tertiary/aromatic N) is 7. The average molecular weight is 748 g/mol. The molecule has 0 amide bonds. The summed E-state index contributed by atoms with van der Waals surface area (Å²) >= 11 is 14.1. The van der Waals surface area contributed by atoms with Crippen LogP contribution in [-0.4, -0.2) is 86.7 Å². The fourth-order valence-corrected chi connectivity index (χ4v) is 5.91. The van der Waals surface area contributed by atoms with Crippen molar-refractivity contribution in [3.8, 4) is 45.4 Å². The molecule has 0 radical (unpaired) electrons. The molecule has 2 aromatic carbocycles. The number of ether oxygens (including phenoxy) is 2. The van der Waals surface area contributed by atoms with Crippen LogP contribution < -0.4 is 25.8 Å². The minimum atomic E-state index is -0.0319. The third kappa shape index (κ3) is 9.47. The Hall–Kier alpha value is -4.96. The highest BCUT2D eigenvalue weighted by Crippen LogP contribution is 2.42. The van der Waals surface area contributed by atoms with Gasteiger partial charge >= 0.3 is 0 Å². The summed E-state index contributed by atoms with van der Waals surface area (Å²) in [5.41, 5.74) is 12.4. The maximum atomic E-state index is 9.11. The van der Waals surface area contributed by atoms with Crippen molar-refractivity contribution in [3.63, 3.8) is 0 Å². The number of aliphatic hydroxyl groups excluding tert-OH is 2. The number of aromatic nitrogens is 6. The Kier molecular flexibility index (Phi) is 14.0. The summed E-state index contributed by atoms with van der Waals surface area (Å²) in [5, 5.41) is 29.7. The fraction of sp³-hybridized carbons (Fsp3) is 0.278. The van der Waals surface area contributed by atoms with Crippen LogP contribution in [0.15, 0.2) is 78.0 Å². The summed E-state index contributed by atoms with van der Waals surface area (Å²) < 4.78 is 12.9. The number of benzene rings is 2. The minimum absolute atomic E-state index is 0.0278. The van der Waals surface area contributed by atoms with Gasteiger partial charge in [0.25, 0.3) is 0 Å². The monoisotopic (exact) mass is 746 g/mol. The smallest absolute Gasteiger partial charge is 0.237 e. The lowest BCUT2D eigenvalue weighted by molar-refractivity contribution is 0.269. The number of rotatable bonds is 18. The van der Waals surface area contributed by atoms with E-state index in [4.69, 9.17) is 58.6 Å². The van der Waals surface area contributed by atoms with Gasteiger partial charge in [0, 0.05) is 66.4 Å². The highest BCUT2D eigenvalue weighted by molar-refractivity contribution is 6.39. The van der Waals surface area contributed by atoms with E-state index in [1.54, 1.807) is 36.6 Å². The van der Waals surface area contributed by atoms with Crippen LogP contribution in [0.3, 0.4) is 0 Å². The van der Waals surface area contributed by atoms with E-state index < -0.39 is 0 Å². The zero-order valence-corrected chi connectivity index (χ0v) is 30.3. The molecule has 0 unspecified atom stereocenters. The molecule has 5 aromatic rings. The first-order chi connectivity index (χ1) is 25.4. The van der Waals surface area contributed by atoms with Gasteiger partial charge in [-0.15, -0.1) is 0 Å². The molecule has 0 saturated heterocycles. The van der Waals surface area contributed by atoms with Gasteiger partial charge in [0.1, 0.15) is 11.4 Å². The van der Waals surface area contributed by atoms with Crippen LogP contribution >= 0.6 is 23.2 Å². The number of nitrogens with two attached hydrogens (primary N) is 1. The van der Waals surface area contributed by atoms with Gasteiger partial charge in [-0.3, -0.25) is 19.6 Å². The minimum Gasteiger partial charge on any atom is -0.480 e. The van der Waals surface area contributed by atoms with E-state index >= 15 is 0 Å². The van der Waals surface area contributed by atoms with Crippen molar-refractivity contribution in [2.24, 2.45) is 10.7 Å². The van der Waals surface area contributed by atoms with E-state index in [0.717, 1.165) is 11.1 Å². The van der Waals surface area contributed by atoms with Crippen molar-refractivity contribution in [1.82, 2.24) is 40.3 Å². The predicted molar refractivity (Wildman–Crippen MR) is 201 cm³/mol. The predicted octanol–water partition coefficient (Wildman–Crippen LogP) is 4.07. The highest BCUT2D eigenvalue weighted by Gasteiger charge is 2.19. The Morgan fingerprint density at radius 2 is 1.40 bits per heavy atom. The van der Waals surface area contributed by atoms with E-state index in [9.17, 15) is 0 Å². The van der Waals surface area contributed by atoms with Crippen molar-refractivity contribution >= 4 is 29.4 Å². The number of methoxy groups -OCH3 is 2. The van der Waals surface area contributed by atoms with Crippen molar-refractivity contribution in [2.45, 2.75) is 26.2 Å².